The predicted molar refractivity (Wildman–Crippen MR) is 139 cm³/mol. The molecule has 170 valence electrons. The lowest BCUT2D eigenvalue weighted by atomic mass is 10.2. The van der Waals surface area contributed by atoms with Crippen LogP contribution >= 0.6 is 35.7 Å². The van der Waals surface area contributed by atoms with Crippen LogP contribution in [-0.4, -0.2) is 57.9 Å². The van der Waals surface area contributed by atoms with Crippen molar-refractivity contribution in [2.75, 3.05) is 31.9 Å². The van der Waals surface area contributed by atoms with Crippen molar-refractivity contribution in [2.24, 2.45) is 10.9 Å². The number of guanidine groups is 1. The highest BCUT2D eigenvalue weighted by molar-refractivity contribution is 14.0. The van der Waals surface area contributed by atoms with Crippen LogP contribution in [-0.2, 0) is 6.42 Å². The molecule has 9 heteroatoms. The maximum absolute atomic E-state index is 5.33. The second-order valence-corrected chi connectivity index (χ2v) is 8.53. The van der Waals surface area contributed by atoms with Crippen molar-refractivity contribution in [1.29, 1.82) is 0 Å². The molecule has 3 heterocycles. The van der Waals surface area contributed by atoms with Gasteiger partial charge in [-0.25, -0.2) is 0 Å². The van der Waals surface area contributed by atoms with Crippen LogP contribution in [0.25, 0.3) is 11.6 Å². The fraction of sp³-hybridized carbons (Fsp3) is 0.391. The third kappa shape index (κ3) is 6.93. The van der Waals surface area contributed by atoms with Gasteiger partial charge in [0.1, 0.15) is 5.69 Å². The molecule has 1 fully saturated rings. The Hall–Kier alpha value is -2.14. The van der Waals surface area contributed by atoms with E-state index in [-0.39, 0.29) is 24.0 Å². The molecule has 1 N–H and O–H groups in total. The predicted octanol–water partition coefficient (Wildman–Crippen LogP) is 4.37. The number of benzene rings is 1. The van der Waals surface area contributed by atoms with Crippen LogP contribution in [0, 0.1) is 5.92 Å². The number of hydrogen-bond acceptors (Lipinski definition) is 6. The molecule has 0 spiro atoms. The average Bonchev–Trinajstić information content (AvgIpc) is 3.48. The lowest BCUT2D eigenvalue weighted by molar-refractivity contribution is 0.421. The summed E-state index contributed by atoms with van der Waals surface area (Å²) in [5.41, 5.74) is 0.689. The molecule has 0 bridgehead atoms. The molecule has 1 aromatic carbocycles. The Balaban J connectivity index is 0.00000289. The zero-order valence-corrected chi connectivity index (χ0v) is 21.3. The zero-order chi connectivity index (χ0) is 21.3. The van der Waals surface area contributed by atoms with Crippen molar-refractivity contribution in [3.63, 3.8) is 0 Å². The number of nitrogens with zero attached hydrogens (tertiary/aromatic N) is 5. The lowest BCUT2D eigenvalue weighted by Crippen LogP contribution is -2.40. The van der Waals surface area contributed by atoms with Crippen LogP contribution in [0.5, 0.6) is 0 Å². The smallest absolute Gasteiger partial charge is 0.276 e. The first-order valence-corrected chi connectivity index (χ1v) is 11.8. The minimum Gasteiger partial charge on any atom is -0.357 e. The van der Waals surface area contributed by atoms with Crippen molar-refractivity contribution in [2.45, 2.75) is 24.7 Å². The van der Waals surface area contributed by atoms with Gasteiger partial charge in [-0.05, 0) is 43.5 Å². The van der Waals surface area contributed by atoms with Gasteiger partial charge in [0.25, 0.3) is 5.89 Å². The molecule has 0 saturated carbocycles. The Morgan fingerprint density at radius 3 is 2.84 bits per heavy atom. The summed E-state index contributed by atoms with van der Waals surface area (Å²) in [5.74, 6) is 3.89. The van der Waals surface area contributed by atoms with Gasteiger partial charge < -0.3 is 14.7 Å². The van der Waals surface area contributed by atoms with Crippen molar-refractivity contribution in [1.82, 2.24) is 25.3 Å². The molecule has 1 aliphatic heterocycles. The van der Waals surface area contributed by atoms with E-state index in [1.165, 1.54) is 11.3 Å². The van der Waals surface area contributed by atoms with Crippen LogP contribution in [0.3, 0.4) is 0 Å². The number of nitrogens with one attached hydrogen (secondary N) is 1. The van der Waals surface area contributed by atoms with Crippen LogP contribution in [0.1, 0.15) is 19.2 Å². The Bertz CT molecular complexity index is 969. The molecule has 32 heavy (non-hydrogen) atoms. The quantitative estimate of drug-likeness (QED) is 0.188. The van der Waals surface area contributed by atoms with E-state index < -0.39 is 0 Å². The van der Waals surface area contributed by atoms with Crippen LogP contribution in [0.4, 0.5) is 0 Å². The summed E-state index contributed by atoms with van der Waals surface area (Å²) in [7, 11) is 0. The third-order valence-corrected chi connectivity index (χ3v) is 6.34. The molecule has 4 rings (SSSR count). The minimum absolute atomic E-state index is 0. The number of aliphatic imine (C=N–C) groups is 1. The molecule has 0 amide bonds. The number of thioether (sulfide) groups is 1. The summed E-state index contributed by atoms with van der Waals surface area (Å²) in [6.45, 7) is 5.65. The van der Waals surface area contributed by atoms with Gasteiger partial charge in [0.05, 0.1) is 0 Å². The molecular weight excluding hydrogens is 535 g/mol. The Morgan fingerprint density at radius 2 is 2.06 bits per heavy atom. The van der Waals surface area contributed by atoms with E-state index in [1.54, 1.807) is 6.20 Å². The molecular formula is C23H29IN6OS. The Kier molecular flexibility index (Phi) is 9.79. The molecule has 3 aromatic rings. The van der Waals surface area contributed by atoms with Crippen LogP contribution < -0.4 is 5.32 Å². The summed E-state index contributed by atoms with van der Waals surface area (Å²) in [5, 5.41) is 7.50. The first-order valence-electron chi connectivity index (χ1n) is 10.8. The number of halogens is 1. The molecule has 7 nitrogen and oxygen atoms in total. The maximum Gasteiger partial charge on any atom is 0.276 e. The molecule has 1 unspecified atom stereocenters. The maximum atomic E-state index is 5.33. The third-order valence-electron chi connectivity index (χ3n) is 5.10. The minimum atomic E-state index is 0. The molecule has 1 aliphatic rings. The van der Waals surface area contributed by atoms with Gasteiger partial charge >= 0.3 is 0 Å². The van der Waals surface area contributed by atoms with Gasteiger partial charge in [0.15, 0.2) is 11.8 Å². The van der Waals surface area contributed by atoms with E-state index in [0.717, 1.165) is 31.3 Å². The zero-order valence-electron chi connectivity index (χ0n) is 18.2. The van der Waals surface area contributed by atoms with Crippen molar-refractivity contribution in [3.8, 4) is 11.6 Å². The fourth-order valence-corrected chi connectivity index (χ4v) is 4.58. The van der Waals surface area contributed by atoms with Gasteiger partial charge in [-0.3, -0.25) is 9.98 Å². The molecule has 1 atom stereocenters. The first kappa shape index (κ1) is 24.5. The highest BCUT2D eigenvalue weighted by Gasteiger charge is 2.25. The van der Waals surface area contributed by atoms with E-state index in [2.05, 4.69) is 62.6 Å². The number of pyridine rings is 1. The highest BCUT2D eigenvalue weighted by Crippen LogP contribution is 2.25. The van der Waals surface area contributed by atoms with Crippen LogP contribution in [0.15, 0.2) is 69.1 Å². The van der Waals surface area contributed by atoms with Gasteiger partial charge in [0, 0.05) is 49.4 Å². The summed E-state index contributed by atoms with van der Waals surface area (Å²) in [6.07, 6.45) is 3.54. The molecule has 2 aromatic heterocycles. The topological polar surface area (TPSA) is 79.4 Å². The SMILES string of the molecule is CCNC(=NCCc1noc(-c2ccccn2)n1)N1CCC(CSc2ccccc2)C1.I. The van der Waals surface area contributed by atoms with Crippen molar-refractivity contribution in [3.05, 3.63) is 60.6 Å². The Labute approximate surface area is 210 Å². The normalized spacial score (nSPS) is 16.1. The summed E-state index contributed by atoms with van der Waals surface area (Å²) < 4.78 is 5.33. The molecule has 0 aliphatic carbocycles. The largest absolute Gasteiger partial charge is 0.357 e. The average molecular weight is 564 g/mol. The van der Waals surface area contributed by atoms with E-state index in [9.17, 15) is 0 Å². The van der Waals surface area contributed by atoms with E-state index >= 15 is 0 Å². The lowest BCUT2D eigenvalue weighted by Gasteiger charge is -2.21. The van der Waals surface area contributed by atoms with Gasteiger partial charge in [0.2, 0.25) is 0 Å². The van der Waals surface area contributed by atoms with Gasteiger partial charge in [-0.2, -0.15) is 4.98 Å². The van der Waals surface area contributed by atoms with E-state index in [1.807, 2.05) is 30.0 Å². The number of likely N-dealkylation sites (tertiary alicyclic amines) is 1. The fourth-order valence-electron chi connectivity index (χ4n) is 3.53. The standard InChI is InChI=1S/C23H28N6OS.HI/c1-2-24-23(29-15-12-18(16-29)17-31-19-8-4-3-5-9-19)26-14-11-21-27-22(30-28-21)20-10-6-7-13-25-20;/h3-10,13,18H,2,11-12,14-17H2,1H3,(H,24,26);1H. The highest BCUT2D eigenvalue weighted by atomic mass is 127. The Morgan fingerprint density at radius 1 is 1.22 bits per heavy atom. The van der Waals surface area contributed by atoms with Crippen LogP contribution in [0.2, 0.25) is 0 Å². The number of hydrogen-bond donors (Lipinski definition) is 1. The summed E-state index contributed by atoms with van der Waals surface area (Å²) in [6, 6.07) is 16.2. The number of rotatable bonds is 8. The summed E-state index contributed by atoms with van der Waals surface area (Å²) in [4.78, 5) is 17.2. The van der Waals surface area contributed by atoms with Crippen molar-refractivity contribution < 1.29 is 4.52 Å². The summed E-state index contributed by atoms with van der Waals surface area (Å²) >= 11 is 1.94. The van der Waals surface area contributed by atoms with Gasteiger partial charge in [-0.15, -0.1) is 35.7 Å². The van der Waals surface area contributed by atoms with E-state index in [0.29, 0.717) is 36.3 Å². The second kappa shape index (κ2) is 12.8. The van der Waals surface area contributed by atoms with E-state index in [4.69, 9.17) is 9.52 Å². The van der Waals surface area contributed by atoms with Crippen molar-refractivity contribution >= 4 is 41.7 Å². The first-order chi connectivity index (χ1) is 15.3. The number of aromatic nitrogens is 3. The van der Waals surface area contributed by atoms with Gasteiger partial charge in [-0.1, -0.05) is 29.4 Å². The second-order valence-electron chi connectivity index (χ2n) is 7.44. The molecule has 1 saturated heterocycles. The monoisotopic (exact) mass is 564 g/mol. The molecule has 0 radical (unpaired) electrons.